The molecular weight excluding hydrogens is 326 g/mol. The molecule has 3 heterocycles. The van der Waals surface area contributed by atoms with Crippen LogP contribution in [0.1, 0.15) is 11.5 Å². The minimum absolute atomic E-state index is 0.0869. The lowest BCUT2D eigenvalue weighted by Gasteiger charge is -2.16. The van der Waals surface area contributed by atoms with E-state index in [4.69, 9.17) is 9.15 Å². The quantitative estimate of drug-likeness (QED) is 0.711. The molecular formula is C17H17N3O3S. The largest absolute Gasteiger partial charge is 0.481 e. The molecule has 0 aliphatic rings. The van der Waals surface area contributed by atoms with Crippen LogP contribution >= 0.6 is 11.3 Å². The SMILES string of the molecule is COc1ccc(N(C)C(=O)Cc2nc(-c3cccs3)oc2C)cn1. The number of amides is 1. The predicted molar refractivity (Wildman–Crippen MR) is 92.5 cm³/mol. The summed E-state index contributed by atoms with van der Waals surface area (Å²) in [6.07, 6.45) is 1.77. The summed E-state index contributed by atoms with van der Waals surface area (Å²) in [7, 11) is 3.26. The van der Waals surface area contributed by atoms with Gasteiger partial charge in [-0.15, -0.1) is 11.3 Å². The van der Waals surface area contributed by atoms with E-state index in [0.717, 1.165) is 4.88 Å². The van der Waals surface area contributed by atoms with Crippen molar-refractivity contribution in [3.05, 3.63) is 47.3 Å². The van der Waals surface area contributed by atoms with Crippen LogP contribution in [-0.2, 0) is 11.2 Å². The molecule has 0 aliphatic heterocycles. The number of carbonyl (C=O) groups is 1. The molecule has 0 fully saturated rings. The van der Waals surface area contributed by atoms with Crippen LogP contribution in [0, 0.1) is 6.92 Å². The molecule has 0 radical (unpaired) electrons. The minimum Gasteiger partial charge on any atom is -0.481 e. The number of anilines is 1. The van der Waals surface area contributed by atoms with E-state index in [1.807, 2.05) is 24.4 Å². The molecule has 0 spiro atoms. The Hall–Kier alpha value is -2.67. The van der Waals surface area contributed by atoms with Crippen molar-refractivity contribution in [1.82, 2.24) is 9.97 Å². The summed E-state index contributed by atoms with van der Waals surface area (Å²) >= 11 is 1.55. The summed E-state index contributed by atoms with van der Waals surface area (Å²) in [5, 5.41) is 1.96. The maximum Gasteiger partial charge on any atom is 0.236 e. The lowest BCUT2D eigenvalue weighted by atomic mass is 10.2. The van der Waals surface area contributed by atoms with Gasteiger partial charge in [-0.05, 0) is 24.4 Å². The summed E-state index contributed by atoms with van der Waals surface area (Å²) in [6.45, 7) is 1.82. The predicted octanol–water partition coefficient (Wildman–Crippen LogP) is 3.32. The number of hydrogen-bond acceptors (Lipinski definition) is 6. The van der Waals surface area contributed by atoms with Crippen molar-refractivity contribution in [2.75, 3.05) is 19.1 Å². The van der Waals surface area contributed by atoms with Crippen molar-refractivity contribution < 1.29 is 13.9 Å². The van der Waals surface area contributed by atoms with Crippen molar-refractivity contribution >= 4 is 22.9 Å². The van der Waals surface area contributed by atoms with Gasteiger partial charge < -0.3 is 14.1 Å². The highest BCUT2D eigenvalue weighted by Gasteiger charge is 2.18. The molecule has 0 unspecified atom stereocenters. The van der Waals surface area contributed by atoms with E-state index in [1.54, 1.807) is 48.7 Å². The number of ether oxygens (including phenoxy) is 1. The number of aromatic nitrogens is 2. The van der Waals surface area contributed by atoms with E-state index in [9.17, 15) is 4.79 Å². The zero-order chi connectivity index (χ0) is 17.1. The molecule has 3 aromatic rings. The van der Waals surface area contributed by atoms with Crippen LogP contribution in [0.2, 0.25) is 0 Å². The molecule has 3 rings (SSSR count). The summed E-state index contributed by atoms with van der Waals surface area (Å²) in [6, 6.07) is 7.39. The molecule has 0 atom stereocenters. The molecule has 0 N–H and O–H groups in total. The van der Waals surface area contributed by atoms with Crippen molar-refractivity contribution in [2.24, 2.45) is 0 Å². The van der Waals surface area contributed by atoms with Gasteiger partial charge in [-0.25, -0.2) is 9.97 Å². The second kappa shape index (κ2) is 6.84. The maximum atomic E-state index is 12.5. The monoisotopic (exact) mass is 343 g/mol. The number of nitrogens with zero attached hydrogens (tertiary/aromatic N) is 3. The second-order valence-electron chi connectivity index (χ2n) is 5.19. The van der Waals surface area contributed by atoms with Crippen molar-refractivity contribution in [3.63, 3.8) is 0 Å². The van der Waals surface area contributed by atoms with Crippen molar-refractivity contribution in [2.45, 2.75) is 13.3 Å². The first-order valence-corrected chi connectivity index (χ1v) is 8.23. The van der Waals surface area contributed by atoms with Crippen molar-refractivity contribution in [3.8, 4) is 16.6 Å². The van der Waals surface area contributed by atoms with Gasteiger partial charge in [-0.1, -0.05) is 6.07 Å². The number of oxazole rings is 1. The number of thiophene rings is 1. The normalized spacial score (nSPS) is 10.6. The van der Waals surface area contributed by atoms with E-state index in [-0.39, 0.29) is 12.3 Å². The van der Waals surface area contributed by atoms with Gasteiger partial charge in [0.2, 0.25) is 17.7 Å². The highest BCUT2D eigenvalue weighted by atomic mass is 32.1. The topological polar surface area (TPSA) is 68.5 Å². The van der Waals surface area contributed by atoms with Crippen LogP contribution in [-0.4, -0.2) is 30.0 Å². The molecule has 0 saturated heterocycles. The fourth-order valence-corrected chi connectivity index (χ4v) is 2.84. The number of likely N-dealkylation sites (N-methyl/N-ethyl adjacent to an activating group) is 1. The number of methoxy groups -OCH3 is 1. The van der Waals surface area contributed by atoms with Crippen molar-refractivity contribution in [1.29, 1.82) is 0 Å². The fraction of sp³-hybridized carbons (Fsp3) is 0.235. The summed E-state index contributed by atoms with van der Waals surface area (Å²) in [5.41, 5.74) is 1.34. The van der Waals surface area contributed by atoms with Gasteiger partial charge in [0.05, 0.1) is 36.0 Å². The lowest BCUT2D eigenvalue weighted by molar-refractivity contribution is -0.117. The first-order valence-electron chi connectivity index (χ1n) is 7.35. The highest BCUT2D eigenvalue weighted by molar-refractivity contribution is 7.13. The summed E-state index contributed by atoms with van der Waals surface area (Å²) < 4.78 is 10.7. The molecule has 24 heavy (non-hydrogen) atoms. The van der Waals surface area contributed by atoms with Crippen LogP contribution in [0.5, 0.6) is 5.88 Å². The lowest BCUT2D eigenvalue weighted by Crippen LogP contribution is -2.28. The molecule has 1 amide bonds. The Labute approximate surface area is 143 Å². The molecule has 124 valence electrons. The molecule has 0 bridgehead atoms. The van der Waals surface area contributed by atoms with Gasteiger partial charge in [0.15, 0.2) is 0 Å². The average Bonchev–Trinajstić information content (AvgIpc) is 3.24. The minimum atomic E-state index is -0.0869. The van der Waals surface area contributed by atoms with E-state index < -0.39 is 0 Å². The van der Waals surface area contributed by atoms with E-state index in [0.29, 0.717) is 28.9 Å². The summed E-state index contributed by atoms with van der Waals surface area (Å²) in [5.74, 6) is 1.63. The molecule has 7 heteroatoms. The van der Waals surface area contributed by atoms with E-state index in [1.165, 1.54) is 0 Å². The van der Waals surface area contributed by atoms with Gasteiger partial charge >= 0.3 is 0 Å². The Kier molecular flexibility index (Phi) is 4.61. The van der Waals surface area contributed by atoms with Gasteiger partial charge in [0.1, 0.15) is 5.76 Å². The van der Waals surface area contributed by atoms with Crippen LogP contribution in [0.25, 0.3) is 10.8 Å². The molecule has 0 saturated carbocycles. The number of rotatable bonds is 5. The Morgan fingerprint density at radius 1 is 1.38 bits per heavy atom. The Morgan fingerprint density at radius 2 is 2.21 bits per heavy atom. The summed E-state index contributed by atoms with van der Waals surface area (Å²) in [4.78, 5) is 23.6. The van der Waals surface area contributed by atoms with Crippen LogP contribution < -0.4 is 9.64 Å². The van der Waals surface area contributed by atoms with E-state index in [2.05, 4.69) is 9.97 Å². The van der Waals surface area contributed by atoms with Gasteiger partial charge in [0.25, 0.3) is 0 Å². The van der Waals surface area contributed by atoms with E-state index >= 15 is 0 Å². The Balaban J connectivity index is 1.74. The average molecular weight is 343 g/mol. The zero-order valence-corrected chi connectivity index (χ0v) is 14.5. The first-order chi connectivity index (χ1) is 11.6. The fourth-order valence-electron chi connectivity index (χ4n) is 2.20. The maximum absolute atomic E-state index is 12.5. The standard InChI is InChI=1S/C17H17N3O3S/c1-11-13(19-17(23-11)14-5-4-8-24-14)9-16(21)20(2)12-6-7-15(22-3)18-10-12/h4-8,10H,9H2,1-3H3. The molecule has 0 aliphatic carbocycles. The zero-order valence-electron chi connectivity index (χ0n) is 13.6. The Morgan fingerprint density at radius 3 is 2.83 bits per heavy atom. The Bertz CT molecular complexity index is 825. The van der Waals surface area contributed by atoms with Gasteiger partial charge in [0, 0.05) is 13.1 Å². The number of carbonyl (C=O) groups excluding carboxylic acids is 1. The van der Waals surface area contributed by atoms with Gasteiger partial charge in [-0.2, -0.15) is 0 Å². The second-order valence-corrected chi connectivity index (χ2v) is 6.14. The number of hydrogen-bond donors (Lipinski definition) is 0. The molecule has 3 aromatic heterocycles. The van der Waals surface area contributed by atoms with Crippen LogP contribution in [0.3, 0.4) is 0 Å². The molecule has 0 aromatic carbocycles. The van der Waals surface area contributed by atoms with Gasteiger partial charge in [-0.3, -0.25) is 4.79 Å². The van der Waals surface area contributed by atoms with Crippen LogP contribution in [0.4, 0.5) is 5.69 Å². The third-order valence-electron chi connectivity index (χ3n) is 3.63. The number of aryl methyl sites for hydroxylation is 1. The highest BCUT2D eigenvalue weighted by Crippen LogP contribution is 2.26. The van der Waals surface area contributed by atoms with Crippen LogP contribution in [0.15, 0.2) is 40.3 Å². The smallest absolute Gasteiger partial charge is 0.236 e. The third-order valence-corrected chi connectivity index (χ3v) is 4.49. The third kappa shape index (κ3) is 3.30. The molecule has 6 nitrogen and oxygen atoms in total. The first kappa shape index (κ1) is 16.2. The number of pyridine rings is 1.